The molecule has 0 saturated heterocycles. The first kappa shape index (κ1) is 13.1. The van der Waals surface area contributed by atoms with Crippen LogP contribution in [-0.4, -0.2) is 14.2 Å². The van der Waals surface area contributed by atoms with Crippen molar-refractivity contribution in [3.8, 4) is 5.75 Å². The fourth-order valence-electron chi connectivity index (χ4n) is 2.19. The lowest BCUT2D eigenvalue weighted by Gasteiger charge is -2.20. The minimum Gasteiger partial charge on any atom is -0.496 e. The molecule has 0 fully saturated rings. The zero-order chi connectivity index (χ0) is 13.1. The van der Waals surface area contributed by atoms with E-state index in [1.165, 1.54) is 21.6 Å². The summed E-state index contributed by atoms with van der Waals surface area (Å²) < 4.78 is 5.49. The van der Waals surface area contributed by atoms with E-state index in [1.54, 1.807) is 18.4 Å². The number of aryl methyl sites for hydroxylation is 2. The standard InChI is InChI=1S/C15H19NOS/c1-10-5-6-13(17-4)12(9-10)14(16-3)15-11(2)7-8-18-15/h5-9,14,16H,1-4H3. The molecular formula is C15H19NOS. The van der Waals surface area contributed by atoms with Gasteiger partial charge in [0.15, 0.2) is 0 Å². The maximum Gasteiger partial charge on any atom is 0.124 e. The maximum absolute atomic E-state index is 5.49. The van der Waals surface area contributed by atoms with Crippen molar-refractivity contribution in [3.05, 3.63) is 51.2 Å². The van der Waals surface area contributed by atoms with Crippen LogP contribution in [0.25, 0.3) is 0 Å². The van der Waals surface area contributed by atoms with E-state index in [2.05, 4.69) is 42.7 Å². The lowest BCUT2D eigenvalue weighted by molar-refractivity contribution is 0.405. The Morgan fingerprint density at radius 3 is 2.56 bits per heavy atom. The second-order valence-electron chi connectivity index (χ2n) is 4.43. The molecule has 1 unspecified atom stereocenters. The molecule has 2 nitrogen and oxygen atoms in total. The van der Waals surface area contributed by atoms with Crippen molar-refractivity contribution >= 4 is 11.3 Å². The van der Waals surface area contributed by atoms with Gasteiger partial charge in [-0.05, 0) is 44.0 Å². The Labute approximate surface area is 113 Å². The van der Waals surface area contributed by atoms with Gasteiger partial charge >= 0.3 is 0 Å². The van der Waals surface area contributed by atoms with Crippen LogP contribution in [0, 0.1) is 13.8 Å². The molecule has 96 valence electrons. The molecule has 1 N–H and O–H groups in total. The Hall–Kier alpha value is -1.32. The second kappa shape index (κ2) is 5.55. The molecular weight excluding hydrogens is 242 g/mol. The smallest absolute Gasteiger partial charge is 0.124 e. The number of methoxy groups -OCH3 is 1. The Morgan fingerprint density at radius 2 is 2.00 bits per heavy atom. The molecule has 0 aliphatic heterocycles. The third-order valence-electron chi connectivity index (χ3n) is 3.15. The van der Waals surface area contributed by atoms with Gasteiger partial charge in [0, 0.05) is 10.4 Å². The molecule has 1 heterocycles. The van der Waals surface area contributed by atoms with Crippen LogP contribution in [-0.2, 0) is 0 Å². The number of ether oxygens (including phenoxy) is 1. The molecule has 1 atom stereocenters. The first-order chi connectivity index (χ1) is 8.67. The van der Waals surface area contributed by atoms with Crippen molar-refractivity contribution in [1.29, 1.82) is 0 Å². The number of thiophene rings is 1. The fraction of sp³-hybridized carbons (Fsp3) is 0.333. The molecule has 0 radical (unpaired) electrons. The molecule has 0 spiro atoms. The van der Waals surface area contributed by atoms with E-state index in [1.807, 2.05) is 13.1 Å². The van der Waals surface area contributed by atoms with Gasteiger partial charge in [0.05, 0.1) is 13.2 Å². The quantitative estimate of drug-likeness (QED) is 0.906. The molecule has 0 aliphatic rings. The molecule has 0 aliphatic carbocycles. The van der Waals surface area contributed by atoms with Gasteiger partial charge in [-0.25, -0.2) is 0 Å². The van der Waals surface area contributed by atoms with E-state index < -0.39 is 0 Å². The maximum atomic E-state index is 5.49. The van der Waals surface area contributed by atoms with Gasteiger partial charge in [-0.2, -0.15) is 0 Å². The Bertz CT molecular complexity index is 533. The number of benzene rings is 1. The predicted octanol–water partition coefficient (Wildman–Crippen LogP) is 3.68. The van der Waals surface area contributed by atoms with Crippen LogP contribution in [0.1, 0.15) is 27.6 Å². The van der Waals surface area contributed by atoms with E-state index in [9.17, 15) is 0 Å². The number of nitrogens with one attached hydrogen (secondary N) is 1. The summed E-state index contributed by atoms with van der Waals surface area (Å²) in [5.74, 6) is 0.938. The van der Waals surface area contributed by atoms with Crippen molar-refractivity contribution in [2.75, 3.05) is 14.2 Å². The number of rotatable bonds is 4. The van der Waals surface area contributed by atoms with Gasteiger partial charge in [0.2, 0.25) is 0 Å². The van der Waals surface area contributed by atoms with Crippen LogP contribution < -0.4 is 10.1 Å². The second-order valence-corrected chi connectivity index (χ2v) is 5.38. The zero-order valence-corrected chi connectivity index (χ0v) is 12.1. The normalized spacial score (nSPS) is 12.4. The van der Waals surface area contributed by atoms with Crippen molar-refractivity contribution < 1.29 is 4.74 Å². The SMILES string of the molecule is CNC(c1cc(C)ccc1OC)c1sccc1C. The van der Waals surface area contributed by atoms with Crippen LogP contribution in [0.4, 0.5) is 0 Å². The molecule has 1 aromatic heterocycles. The van der Waals surface area contributed by atoms with Crippen molar-refractivity contribution in [3.63, 3.8) is 0 Å². The van der Waals surface area contributed by atoms with Crippen LogP contribution >= 0.6 is 11.3 Å². The van der Waals surface area contributed by atoms with Crippen LogP contribution in [0.15, 0.2) is 29.6 Å². The minimum absolute atomic E-state index is 0.194. The highest BCUT2D eigenvalue weighted by atomic mass is 32.1. The summed E-state index contributed by atoms with van der Waals surface area (Å²) in [6, 6.07) is 8.67. The summed E-state index contributed by atoms with van der Waals surface area (Å²) in [5, 5.41) is 5.53. The molecule has 0 saturated carbocycles. The van der Waals surface area contributed by atoms with Crippen molar-refractivity contribution in [1.82, 2.24) is 5.32 Å². The highest BCUT2D eigenvalue weighted by molar-refractivity contribution is 7.10. The van der Waals surface area contributed by atoms with E-state index in [0.29, 0.717) is 0 Å². The number of hydrogen-bond donors (Lipinski definition) is 1. The Balaban J connectivity index is 2.51. The lowest BCUT2D eigenvalue weighted by Crippen LogP contribution is -2.18. The number of hydrogen-bond acceptors (Lipinski definition) is 3. The molecule has 0 bridgehead atoms. The average Bonchev–Trinajstić information content (AvgIpc) is 2.77. The molecule has 1 aromatic carbocycles. The zero-order valence-electron chi connectivity index (χ0n) is 11.3. The van der Waals surface area contributed by atoms with Crippen molar-refractivity contribution in [2.24, 2.45) is 0 Å². The van der Waals surface area contributed by atoms with E-state index >= 15 is 0 Å². The van der Waals surface area contributed by atoms with Gasteiger partial charge in [0.1, 0.15) is 5.75 Å². The summed E-state index contributed by atoms with van der Waals surface area (Å²) in [7, 11) is 3.72. The monoisotopic (exact) mass is 261 g/mol. The lowest BCUT2D eigenvalue weighted by atomic mass is 10.00. The fourth-order valence-corrected chi connectivity index (χ4v) is 3.24. The summed E-state index contributed by atoms with van der Waals surface area (Å²) in [6.07, 6.45) is 0. The van der Waals surface area contributed by atoms with E-state index in [0.717, 1.165) is 5.75 Å². The van der Waals surface area contributed by atoms with Crippen molar-refractivity contribution in [2.45, 2.75) is 19.9 Å². The summed E-state index contributed by atoms with van der Waals surface area (Å²) in [5.41, 5.74) is 3.77. The van der Waals surface area contributed by atoms with E-state index in [-0.39, 0.29) is 6.04 Å². The first-order valence-corrected chi connectivity index (χ1v) is 6.91. The molecule has 0 amide bonds. The van der Waals surface area contributed by atoms with E-state index in [4.69, 9.17) is 4.74 Å². The molecule has 3 heteroatoms. The predicted molar refractivity (Wildman–Crippen MR) is 77.7 cm³/mol. The van der Waals surface area contributed by atoms with Gasteiger partial charge in [-0.3, -0.25) is 0 Å². The highest BCUT2D eigenvalue weighted by Crippen LogP contribution is 2.34. The molecule has 18 heavy (non-hydrogen) atoms. The molecule has 2 rings (SSSR count). The van der Waals surface area contributed by atoms with Crippen LogP contribution in [0.2, 0.25) is 0 Å². The average molecular weight is 261 g/mol. The topological polar surface area (TPSA) is 21.3 Å². The summed E-state index contributed by atoms with van der Waals surface area (Å²) in [6.45, 7) is 4.26. The van der Waals surface area contributed by atoms with Gasteiger partial charge < -0.3 is 10.1 Å². The van der Waals surface area contributed by atoms with Gasteiger partial charge in [-0.15, -0.1) is 11.3 Å². The molecule has 2 aromatic rings. The highest BCUT2D eigenvalue weighted by Gasteiger charge is 2.19. The Kier molecular flexibility index (Phi) is 4.04. The van der Waals surface area contributed by atoms with Crippen LogP contribution in [0.5, 0.6) is 5.75 Å². The van der Waals surface area contributed by atoms with Gasteiger partial charge in [-0.1, -0.05) is 17.7 Å². The summed E-state index contributed by atoms with van der Waals surface area (Å²) >= 11 is 1.78. The third kappa shape index (κ3) is 2.42. The largest absolute Gasteiger partial charge is 0.496 e. The first-order valence-electron chi connectivity index (χ1n) is 6.03. The third-order valence-corrected chi connectivity index (χ3v) is 4.23. The Morgan fingerprint density at radius 1 is 1.22 bits per heavy atom. The van der Waals surface area contributed by atoms with Crippen LogP contribution in [0.3, 0.4) is 0 Å². The van der Waals surface area contributed by atoms with Gasteiger partial charge in [0.25, 0.3) is 0 Å². The minimum atomic E-state index is 0.194. The summed E-state index contributed by atoms with van der Waals surface area (Å²) in [4.78, 5) is 1.35.